The van der Waals surface area contributed by atoms with E-state index in [1.165, 1.54) is 0 Å². The van der Waals surface area contributed by atoms with E-state index in [0.717, 1.165) is 11.1 Å². The van der Waals surface area contributed by atoms with Crippen LogP contribution in [-0.4, -0.2) is 48.0 Å². The van der Waals surface area contributed by atoms with Gasteiger partial charge in [0.25, 0.3) is 11.8 Å². The third-order valence-electron chi connectivity index (χ3n) is 4.09. The van der Waals surface area contributed by atoms with E-state index in [1.807, 2.05) is 25.1 Å². The van der Waals surface area contributed by atoms with E-state index in [9.17, 15) is 9.59 Å². The van der Waals surface area contributed by atoms with Crippen LogP contribution in [0.5, 0.6) is 0 Å². The largest absolute Gasteiger partial charge is 0.378 e. The van der Waals surface area contributed by atoms with Gasteiger partial charge in [0.1, 0.15) is 5.70 Å². The maximum atomic E-state index is 12.9. The Balaban J connectivity index is 1.84. The van der Waals surface area contributed by atoms with Gasteiger partial charge >= 0.3 is 0 Å². The molecule has 0 spiro atoms. The number of carbonyl (C=O) groups is 2. The Morgan fingerprint density at radius 3 is 2.54 bits per heavy atom. The third-order valence-corrected chi connectivity index (χ3v) is 4.09. The lowest BCUT2D eigenvalue weighted by atomic mass is 10.1. The maximum absolute atomic E-state index is 12.9. The molecule has 2 heterocycles. The van der Waals surface area contributed by atoms with E-state index in [2.05, 4.69) is 10.3 Å². The van der Waals surface area contributed by atoms with Crippen LogP contribution >= 0.6 is 0 Å². The van der Waals surface area contributed by atoms with Crippen LogP contribution in [0.2, 0.25) is 0 Å². The molecule has 0 unspecified atom stereocenters. The molecule has 0 radical (unpaired) electrons. The monoisotopic (exact) mass is 351 g/mol. The Kier molecular flexibility index (Phi) is 5.76. The van der Waals surface area contributed by atoms with Gasteiger partial charge in [-0.25, -0.2) is 0 Å². The maximum Gasteiger partial charge on any atom is 0.270 e. The molecule has 0 bridgehead atoms. The van der Waals surface area contributed by atoms with Gasteiger partial charge in [0.15, 0.2) is 0 Å². The summed E-state index contributed by atoms with van der Waals surface area (Å²) >= 11 is 0. The highest BCUT2D eigenvalue weighted by Crippen LogP contribution is 2.11. The second kappa shape index (κ2) is 8.40. The summed E-state index contributed by atoms with van der Waals surface area (Å²) in [7, 11) is 0. The number of ether oxygens (including phenoxy) is 1. The average Bonchev–Trinajstić information content (AvgIpc) is 2.69. The molecule has 1 aromatic carbocycles. The van der Waals surface area contributed by atoms with Gasteiger partial charge < -0.3 is 15.0 Å². The first-order valence-electron chi connectivity index (χ1n) is 8.50. The lowest BCUT2D eigenvalue weighted by Crippen LogP contribution is -2.44. The average molecular weight is 351 g/mol. The molecule has 26 heavy (non-hydrogen) atoms. The van der Waals surface area contributed by atoms with Crippen molar-refractivity contribution in [1.29, 1.82) is 0 Å². The molecular formula is C20H21N3O3. The number of aryl methyl sites for hydroxylation is 1. The van der Waals surface area contributed by atoms with Crippen LogP contribution < -0.4 is 5.32 Å². The fraction of sp³-hybridized carbons (Fsp3) is 0.250. The molecule has 1 aromatic heterocycles. The number of nitrogens with one attached hydrogen (secondary N) is 1. The highest BCUT2D eigenvalue weighted by Gasteiger charge is 2.22. The van der Waals surface area contributed by atoms with Crippen LogP contribution in [0.1, 0.15) is 21.5 Å². The zero-order valence-corrected chi connectivity index (χ0v) is 14.6. The molecule has 1 fully saturated rings. The first-order valence-corrected chi connectivity index (χ1v) is 8.50. The van der Waals surface area contributed by atoms with Crippen molar-refractivity contribution in [2.75, 3.05) is 26.3 Å². The molecule has 6 heteroatoms. The number of rotatable bonds is 4. The Hall–Kier alpha value is -2.99. The second-order valence-electron chi connectivity index (χ2n) is 6.07. The van der Waals surface area contributed by atoms with Crippen molar-refractivity contribution in [3.8, 4) is 0 Å². The van der Waals surface area contributed by atoms with Crippen molar-refractivity contribution in [3.63, 3.8) is 0 Å². The van der Waals surface area contributed by atoms with E-state index < -0.39 is 0 Å². The van der Waals surface area contributed by atoms with Crippen molar-refractivity contribution >= 4 is 17.9 Å². The van der Waals surface area contributed by atoms with Crippen molar-refractivity contribution in [2.24, 2.45) is 0 Å². The third kappa shape index (κ3) is 4.55. The molecule has 0 atom stereocenters. The van der Waals surface area contributed by atoms with Crippen molar-refractivity contribution in [2.45, 2.75) is 6.92 Å². The van der Waals surface area contributed by atoms with Crippen LogP contribution in [0.25, 0.3) is 6.08 Å². The van der Waals surface area contributed by atoms with Crippen LogP contribution in [0.15, 0.2) is 54.5 Å². The van der Waals surface area contributed by atoms with E-state index >= 15 is 0 Å². The van der Waals surface area contributed by atoms with E-state index in [1.54, 1.807) is 41.6 Å². The number of morpholine rings is 1. The molecule has 6 nitrogen and oxygen atoms in total. The first-order chi connectivity index (χ1) is 12.6. The first kappa shape index (κ1) is 17.8. The zero-order valence-electron chi connectivity index (χ0n) is 14.6. The number of pyridine rings is 1. The van der Waals surface area contributed by atoms with Crippen molar-refractivity contribution in [3.05, 3.63) is 71.2 Å². The predicted octanol–water partition coefficient (Wildman–Crippen LogP) is 2.02. The van der Waals surface area contributed by atoms with Crippen LogP contribution in [-0.2, 0) is 9.53 Å². The Morgan fingerprint density at radius 2 is 1.88 bits per heavy atom. The number of hydrogen-bond acceptors (Lipinski definition) is 4. The molecule has 134 valence electrons. The molecule has 3 rings (SSSR count). The lowest BCUT2D eigenvalue weighted by Gasteiger charge is -2.27. The Labute approximate surface area is 152 Å². The fourth-order valence-corrected chi connectivity index (χ4v) is 2.62. The highest BCUT2D eigenvalue weighted by molar-refractivity contribution is 6.05. The smallest absolute Gasteiger partial charge is 0.270 e. The van der Waals surface area contributed by atoms with Crippen LogP contribution in [0.4, 0.5) is 0 Å². The zero-order chi connectivity index (χ0) is 18.4. The summed E-state index contributed by atoms with van der Waals surface area (Å²) < 4.78 is 5.30. The summed E-state index contributed by atoms with van der Waals surface area (Å²) in [6.07, 6.45) is 4.95. The molecule has 1 aliphatic rings. The number of amides is 2. The normalized spacial score (nSPS) is 14.8. The van der Waals surface area contributed by atoms with E-state index in [4.69, 9.17) is 4.74 Å². The van der Waals surface area contributed by atoms with Crippen LogP contribution in [0.3, 0.4) is 0 Å². The molecule has 0 aliphatic carbocycles. The minimum absolute atomic E-state index is 0.224. The van der Waals surface area contributed by atoms with Gasteiger partial charge in [-0.15, -0.1) is 0 Å². The number of hydrogen-bond donors (Lipinski definition) is 1. The molecule has 1 aliphatic heterocycles. The number of benzene rings is 1. The summed E-state index contributed by atoms with van der Waals surface area (Å²) in [6, 6.07) is 10.8. The van der Waals surface area contributed by atoms with Crippen LogP contribution in [0, 0.1) is 6.92 Å². The molecule has 1 saturated heterocycles. The molecule has 2 aromatic rings. The fourth-order valence-electron chi connectivity index (χ4n) is 2.62. The van der Waals surface area contributed by atoms with E-state index in [-0.39, 0.29) is 17.5 Å². The van der Waals surface area contributed by atoms with Gasteiger partial charge in [-0.1, -0.05) is 23.8 Å². The van der Waals surface area contributed by atoms with Crippen molar-refractivity contribution < 1.29 is 14.3 Å². The van der Waals surface area contributed by atoms with Gasteiger partial charge in [-0.3, -0.25) is 14.6 Å². The SMILES string of the molecule is Cc1ccc(C(=O)N/C(=C\c2cccnc2)C(=O)N2CCOCC2)cc1. The van der Waals surface area contributed by atoms with Gasteiger partial charge in [0, 0.05) is 31.0 Å². The topological polar surface area (TPSA) is 71.5 Å². The van der Waals surface area contributed by atoms with Crippen molar-refractivity contribution in [1.82, 2.24) is 15.2 Å². The molecule has 0 saturated carbocycles. The molecular weight excluding hydrogens is 330 g/mol. The predicted molar refractivity (Wildman–Crippen MR) is 98.3 cm³/mol. The summed E-state index contributed by atoms with van der Waals surface area (Å²) in [5.74, 6) is -0.542. The van der Waals surface area contributed by atoms with Gasteiger partial charge in [-0.05, 0) is 36.8 Å². The van der Waals surface area contributed by atoms with Gasteiger partial charge in [0.2, 0.25) is 0 Å². The molecule has 1 N–H and O–H groups in total. The van der Waals surface area contributed by atoms with Gasteiger partial charge in [-0.2, -0.15) is 0 Å². The lowest BCUT2D eigenvalue weighted by molar-refractivity contribution is -0.131. The quantitative estimate of drug-likeness (QED) is 0.856. The Morgan fingerprint density at radius 1 is 1.15 bits per heavy atom. The number of nitrogens with zero attached hydrogens (tertiary/aromatic N) is 2. The summed E-state index contributed by atoms with van der Waals surface area (Å²) in [5, 5.41) is 2.76. The second-order valence-corrected chi connectivity index (χ2v) is 6.07. The summed E-state index contributed by atoms with van der Waals surface area (Å²) in [5.41, 5.74) is 2.54. The summed E-state index contributed by atoms with van der Waals surface area (Å²) in [6.45, 7) is 3.96. The van der Waals surface area contributed by atoms with E-state index in [0.29, 0.717) is 31.9 Å². The number of aromatic nitrogens is 1. The minimum atomic E-state index is -0.318. The minimum Gasteiger partial charge on any atom is -0.378 e. The molecule has 2 amide bonds. The number of carbonyl (C=O) groups excluding carboxylic acids is 2. The standard InChI is InChI=1S/C20H21N3O3/c1-15-4-6-17(7-5-15)19(24)22-18(13-16-3-2-8-21-14-16)20(25)23-9-11-26-12-10-23/h2-8,13-14H,9-12H2,1H3,(H,22,24)/b18-13-. The van der Waals surface area contributed by atoms with Gasteiger partial charge in [0.05, 0.1) is 13.2 Å². The Bertz CT molecular complexity index is 795. The summed E-state index contributed by atoms with van der Waals surface area (Å²) in [4.78, 5) is 31.2. The highest BCUT2D eigenvalue weighted by atomic mass is 16.5.